The molecule has 0 radical (unpaired) electrons. The van der Waals surface area contributed by atoms with E-state index >= 15 is 0 Å². The van der Waals surface area contributed by atoms with Gasteiger partial charge in [0.2, 0.25) is 5.13 Å². The third-order valence-electron chi connectivity index (χ3n) is 4.88. The Hall–Kier alpha value is -2.93. The van der Waals surface area contributed by atoms with E-state index in [0.717, 1.165) is 23.4 Å². The number of amides is 2. The molecule has 152 valence electrons. The summed E-state index contributed by atoms with van der Waals surface area (Å²) in [6.45, 7) is 8.73. The summed E-state index contributed by atoms with van der Waals surface area (Å²) in [4.78, 5) is 12.2. The van der Waals surface area contributed by atoms with Crippen molar-refractivity contribution in [3.05, 3.63) is 64.2 Å². The van der Waals surface area contributed by atoms with Gasteiger partial charge in [-0.05, 0) is 67.1 Å². The van der Waals surface area contributed by atoms with E-state index in [-0.39, 0.29) is 6.03 Å². The molecule has 2 N–H and O–H groups in total. The van der Waals surface area contributed by atoms with Gasteiger partial charge in [0.1, 0.15) is 12.4 Å². The maximum Gasteiger partial charge on any atom is 0.325 e. The molecule has 0 bridgehead atoms. The summed E-state index contributed by atoms with van der Waals surface area (Å²) in [5, 5.41) is 14.7. The second-order valence-electron chi connectivity index (χ2n) is 7.05. The molecule has 0 fully saturated rings. The lowest BCUT2D eigenvalue weighted by atomic mass is 9.99. The summed E-state index contributed by atoms with van der Waals surface area (Å²) in [6, 6.07) is 13.5. The molecule has 7 heteroatoms. The fourth-order valence-electron chi connectivity index (χ4n) is 2.71. The molecular formula is C22H26N4O2S. The summed E-state index contributed by atoms with van der Waals surface area (Å²) in [7, 11) is 0. The van der Waals surface area contributed by atoms with E-state index < -0.39 is 0 Å². The molecule has 1 aromatic heterocycles. The van der Waals surface area contributed by atoms with E-state index in [2.05, 4.69) is 46.8 Å². The molecule has 1 heterocycles. The van der Waals surface area contributed by atoms with Gasteiger partial charge in [-0.25, -0.2) is 4.79 Å². The van der Waals surface area contributed by atoms with Crippen molar-refractivity contribution in [1.29, 1.82) is 0 Å². The number of ether oxygens (including phenoxy) is 1. The summed E-state index contributed by atoms with van der Waals surface area (Å²) in [6.07, 6.45) is 1.11. The molecule has 1 atom stereocenters. The van der Waals surface area contributed by atoms with Gasteiger partial charge in [0.05, 0.1) is 0 Å². The Morgan fingerprint density at radius 1 is 1.07 bits per heavy atom. The summed E-state index contributed by atoms with van der Waals surface area (Å²) in [5.41, 5.74) is 4.34. The molecule has 0 spiro atoms. The van der Waals surface area contributed by atoms with E-state index in [1.807, 2.05) is 44.2 Å². The number of carbonyl (C=O) groups excluding carboxylic acids is 1. The number of hydrogen-bond acceptors (Lipinski definition) is 5. The van der Waals surface area contributed by atoms with Gasteiger partial charge in [0, 0.05) is 5.69 Å². The average Bonchev–Trinajstić information content (AvgIpc) is 3.16. The third kappa shape index (κ3) is 5.77. The number of hydrogen-bond donors (Lipinski definition) is 2. The van der Waals surface area contributed by atoms with Crippen LogP contribution in [0.15, 0.2) is 42.5 Å². The second-order valence-corrected chi connectivity index (χ2v) is 8.11. The van der Waals surface area contributed by atoms with E-state index in [4.69, 9.17) is 4.74 Å². The molecule has 0 unspecified atom stereocenters. The van der Waals surface area contributed by atoms with E-state index in [1.165, 1.54) is 22.5 Å². The van der Waals surface area contributed by atoms with Gasteiger partial charge in [0.25, 0.3) is 0 Å². The summed E-state index contributed by atoms with van der Waals surface area (Å²) < 4.78 is 5.78. The molecule has 0 saturated carbocycles. The van der Waals surface area contributed by atoms with Crippen LogP contribution in [-0.4, -0.2) is 16.2 Å². The predicted octanol–water partition coefficient (Wildman–Crippen LogP) is 5.89. The SMILES string of the molecule is CC[C@@H](C)c1ccc(OCc2nnc(NC(=O)Nc3ccc(C)c(C)c3)s2)cc1. The second kappa shape index (κ2) is 9.52. The zero-order valence-corrected chi connectivity index (χ0v) is 18.0. The van der Waals surface area contributed by atoms with E-state index in [0.29, 0.717) is 22.7 Å². The quantitative estimate of drug-likeness (QED) is 0.509. The average molecular weight is 411 g/mol. The molecule has 6 nitrogen and oxygen atoms in total. The van der Waals surface area contributed by atoms with Crippen LogP contribution in [0.3, 0.4) is 0 Å². The zero-order chi connectivity index (χ0) is 20.8. The van der Waals surface area contributed by atoms with Crippen LogP contribution >= 0.6 is 11.3 Å². The van der Waals surface area contributed by atoms with Crippen LogP contribution in [0.2, 0.25) is 0 Å². The van der Waals surface area contributed by atoms with Crippen molar-refractivity contribution in [3.63, 3.8) is 0 Å². The number of aromatic nitrogens is 2. The van der Waals surface area contributed by atoms with Gasteiger partial charge in [-0.3, -0.25) is 5.32 Å². The Balaban J connectivity index is 1.51. The highest BCUT2D eigenvalue weighted by molar-refractivity contribution is 7.15. The van der Waals surface area contributed by atoms with Crippen molar-refractivity contribution in [2.75, 3.05) is 10.6 Å². The summed E-state index contributed by atoms with van der Waals surface area (Å²) in [5.74, 6) is 1.32. The van der Waals surface area contributed by atoms with Gasteiger partial charge in [-0.1, -0.05) is 43.4 Å². The standard InChI is InChI=1S/C22H26N4O2S/c1-5-14(2)17-7-10-19(11-8-17)28-13-20-25-26-22(29-20)24-21(27)23-18-9-6-15(3)16(4)12-18/h6-12,14H,5,13H2,1-4H3,(H2,23,24,26,27)/t14-/m1/s1. The Bertz CT molecular complexity index is 969. The molecule has 0 aliphatic heterocycles. The first kappa shape index (κ1) is 20.8. The lowest BCUT2D eigenvalue weighted by Crippen LogP contribution is -2.19. The summed E-state index contributed by atoms with van der Waals surface area (Å²) >= 11 is 1.29. The largest absolute Gasteiger partial charge is 0.486 e. The van der Waals surface area contributed by atoms with Crippen molar-refractivity contribution >= 4 is 28.2 Å². The third-order valence-corrected chi connectivity index (χ3v) is 5.69. The molecule has 3 rings (SSSR count). The zero-order valence-electron chi connectivity index (χ0n) is 17.2. The number of benzene rings is 2. The molecule has 0 aliphatic carbocycles. The van der Waals surface area contributed by atoms with Crippen LogP contribution in [0.1, 0.15) is 47.9 Å². The van der Waals surface area contributed by atoms with Crippen molar-refractivity contribution in [3.8, 4) is 5.75 Å². The normalized spacial score (nSPS) is 11.7. The van der Waals surface area contributed by atoms with Crippen molar-refractivity contribution in [2.24, 2.45) is 0 Å². The lowest BCUT2D eigenvalue weighted by molar-refractivity contribution is 0.262. The van der Waals surface area contributed by atoms with Crippen LogP contribution < -0.4 is 15.4 Å². The highest BCUT2D eigenvalue weighted by atomic mass is 32.1. The fourth-order valence-corrected chi connectivity index (χ4v) is 3.36. The number of urea groups is 1. The van der Waals surface area contributed by atoms with Crippen LogP contribution in [0.4, 0.5) is 15.6 Å². The minimum absolute atomic E-state index is 0.306. The van der Waals surface area contributed by atoms with Gasteiger partial charge in [-0.2, -0.15) is 0 Å². The first-order chi connectivity index (χ1) is 13.9. The van der Waals surface area contributed by atoms with Gasteiger partial charge in [0.15, 0.2) is 5.01 Å². The van der Waals surface area contributed by atoms with E-state index in [9.17, 15) is 4.79 Å². The Morgan fingerprint density at radius 2 is 1.83 bits per heavy atom. The van der Waals surface area contributed by atoms with Crippen molar-refractivity contribution in [2.45, 2.75) is 46.6 Å². The maximum absolute atomic E-state index is 12.2. The van der Waals surface area contributed by atoms with Crippen LogP contribution in [0, 0.1) is 13.8 Å². The van der Waals surface area contributed by atoms with Crippen LogP contribution in [0.25, 0.3) is 0 Å². The van der Waals surface area contributed by atoms with Gasteiger partial charge in [-0.15, -0.1) is 10.2 Å². The molecule has 0 saturated heterocycles. The number of nitrogens with one attached hydrogen (secondary N) is 2. The highest BCUT2D eigenvalue weighted by Gasteiger charge is 2.10. The Labute approximate surface area is 175 Å². The molecule has 29 heavy (non-hydrogen) atoms. The van der Waals surface area contributed by atoms with Crippen molar-refractivity contribution < 1.29 is 9.53 Å². The van der Waals surface area contributed by atoms with Gasteiger partial charge < -0.3 is 10.1 Å². The number of rotatable bonds is 7. The molecule has 3 aromatic rings. The fraction of sp³-hybridized carbons (Fsp3) is 0.318. The highest BCUT2D eigenvalue weighted by Crippen LogP contribution is 2.23. The minimum atomic E-state index is -0.350. The Morgan fingerprint density at radius 3 is 2.52 bits per heavy atom. The number of anilines is 2. The first-order valence-corrected chi connectivity index (χ1v) is 10.5. The number of nitrogens with zero attached hydrogens (tertiary/aromatic N) is 2. The number of carbonyl (C=O) groups is 1. The predicted molar refractivity (Wildman–Crippen MR) is 118 cm³/mol. The van der Waals surface area contributed by atoms with Crippen LogP contribution in [0.5, 0.6) is 5.75 Å². The molecule has 2 amide bonds. The monoisotopic (exact) mass is 410 g/mol. The lowest BCUT2D eigenvalue weighted by Gasteiger charge is -2.10. The van der Waals surface area contributed by atoms with Crippen molar-refractivity contribution in [1.82, 2.24) is 10.2 Å². The van der Waals surface area contributed by atoms with Gasteiger partial charge >= 0.3 is 6.03 Å². The topological polar surface area (TPSA) is 76.1 Å². The number of aryl methyl sites for hydroxylation is 2. The molecular weight excluding hydrogens is 384 g/mol. The Kier molecular flexibility index (Phi) is 6.82. The molecule has 2 aromatic carbocycles. The minimum Gasteiger partial charge on any atom is -0.486 e. The first-order valence-electron chi connectivity index (χ1n) is 9.65. The molecule has 0 aliphatic rings. The van der Waals surface area contributed by atoms with Crippen LogP contribution in [-0.2, 0) is 6.61 Å². The van der Waals surface area contributed by atoms with E-state index in [1.54, 1.807) is 0 Å². The smallest absolute Gasteiger partial charge is 0.325 e. The maximum atomic E-state index is 12.2.